The molecule has 0 aromatic rings. The van der Waals surface area contributed by atoms with Crippen LogP contribution >= 0.6 is 0 Å². The molecule has 12 heavy (non-hydrogen) atoms. The van der Waals surface area contributed by atoms with Gasteiger partial charge in [0.05, 0.1) is 0 Å². The standard InChI is InChI=1S/C10H17NO/c1-7(12)11(2)6-9-5-8-3-4-10(8)9/h8-10H,3-6H2,1-2H3. The predicted octanol–water partition coefficient (Wildman–Crippen LogP) is 1.51. The Balaban J connectivity index is 1.77. The molecule has 2 fully saturated rings. The number of carbonyl (C=O) groups is 1. The first-order chi connectivity index (χ1) is 5.68. The zero-order chi connectivity index (χ0) is 8.72. The highest BCUT2D eigenvalue weighted by Crippen LogP contribution is 2.54. The zero-order valence-corrected chi connectivity index (χ0v) is 7.92. The molecule has 0 heterocycles. The van der Waals surface area contributed by atoms with Crippen LogP contribution in [0.2, 0.25) is 0 Å². The molecule has 2 saturated carbocycles. The quantitative estimate of drug-likeness (QED) is 0.610. The van der Waals surface area contributed by atoms with Gasteiger partial charge in [0.1, 0.15) is 0 Å². The van der Waals surface area contributed by atoms with E-state index in [1.54, 1.807) is 6.92 Å². The third-order valence-electron chi connectivity index (χ3n) is 3.73. The van der Waals surface area contributed by atoms with Crippen molar-refractivity contribution < 1.29 is 4.79 Å². The fourth-order valence-corrected chi connectivity index (χ4v) is 2.57. The molecule has 0 bridgehead atoms. The van der Waals surface area contributed by atoms with Crippen LogP contribution in [-0.4, -0.2) is 24.4 Å². The average Bonchev–Trinajstić information content (AvgIpc) is 1.98. The topological polar surface area (TPSA) is 20.3 Å². The van der Waals surface area contributed by atoms with Gasteiger partial charge in [-0.15, -0.1) is 0 Å². The van der Waals surface area contributed by atoms with Crippen LogP contribution in [0.3, 0.4) is 0 Å². The lowest BCUT2D eigenvalue weighted by Gasteiger charge is -2.54. The lowest BCUT2D eigenvalue weighted by molar-refractivity contribution is -0.131. The van der Waals surface area contributed by atoms with E-state index < -0.39 is 0 Å². The molecule has 1 amide bonds. The highest BCUT2D eigenvalue weighted by molar-refractivity contribution is 5.72. The van der Waals surface area contributed by atoms with Crippen molar-refractivity contribution in [3.05, 3.63) is 0 Å². The number of fused-ring (bicyclic) bond motifs is 1. The van der Waals surface area contributed by atoms with E-state index in [-0.39, 0.29) is 5.91 Å². The second kappa shape index (κ2) is 2.75. The summed E-state index contributed by atoms with van der Waals surface area (Å²) in [5, 5.41) is 0. The van der Waals surface area contributed by atoms with Gasteiger partial charge in [-0.05, 0) is 37.0 Å². The summed E-state index contributed by atoms with van der Waals surface area (Å²) < 4.78 is 0. The molecule has 2 aliphatic rings. The van der Waals surface area contributed by atoms with E-state index in [0.29, 0.717) is 0 Å². The van der Waals surface area contributed by atoms with Gasteiger partial charge in [0, 0.05) is 20.5 Å². The minimum absolute atomic E-state index is 0.206. The van der Waals surface area contributed by atoms with Crippen molar-refractivity contribution in [2.45, 2.75) is 26.2 Å². The number of hydrogen-bond acceptors (Lipinski definition) is 1. The minimum Gasteiger partial charge on any atom is -0.346 e. The molecule has 0 saturated heterocycles. The van der Waals surface area contributed by atoms with Crippen LogP contribution in [0, 0.1) is 17.8 Å². The molecule has 0 aromatic heterocycles. The molecular formula is C10H17NO. The molecule has 3 atom stereocenters. The van der Waals surface area contributed by atoms with E-state index >= 15 is 0 Å². The lowest BCUT2D eigenvalue weighted by Crippen LogP contribution is -2.49. The first kappa shape index (κ1) is 8.09. The molecule has 68 valence electrons. The summed E-state index contributed by atoms with van der Waals surface area (Å²) in [7, 11) is 1.91. The van der Waals surface area contributed by atoms with Crippen LogP contribution in [0.4, 0.5) is 0 Å². The Morgan fingerprint density at radius 2 is 2.25 bits per heavy atom. The third kappa shape index (κ3) is 1.13. The second-order valence-corrected chi connectivity index (χ2v) is 4.40. The summed E-state index contributed by atoms with van der Waals surface area (Å²) in [6.45, 7) is 2.65. The Kier molecular flexibility index (Phi) is 1.85. The maximum absolute atomic E-state index is 11.0. The second-order valence-electron chi connectivity index (χ2n) is 4.40. The first-order valence-corrected chi connectivity index (χ1v) is 4.90. The Hall–Kier alpha value is -0.530. The van der Waals surface area contributed by atoms with Crippen LogP contribution in [0.1, 0.15) is 26.2 Å². The Morgan fingerprint density at radius 3 is 2.58 bits per heavy atom. The van der Waals surface area contributed by atoms with Gasteiger partial charge in [0.15, 0.2) is 0 Å². The minimum atomic E-state index is 0.206. The van der Waals surface area contributed by atoms with Crippen LogP contribution in [0.25, 0.3) is 0 Å². The van der Waals surface area contributed by atoms with Gasteiger partial charge in [-0.3, -0.25) is 4.79 Å². The first-order valence-electron chi connectivity index (χ1n) is 4.90. The molecular weight excluding hydrogens is 150 g/mol. The van der Waals surface area contributed by atoms with E-state index in [2.05, 4.69) is 0 Å². The zero-order valence-electron chi connectivity index (χ0n) is 7.92. The highest BCUT2D eigenvalue weighted by Gasteiger charge is 2.46. The Bertz CT molecular complexity index is 202. The fraction of sp³-hybridized carbons (Fsp3) is 0.900. The summed E-state index contributed by atoms with van der Waals surface area (Å²) >= 11 is 0. The molecule has 0 radical (unpaired) electrons. The monoisotopic (exact) mass is 167 g/mol. The van der Waals surface area contributed by atoms with Crippen LogP contribution in [-0.2, 0) is 4.79 Å². The average molecular weight is 167 g/mol. The van der Waals surface area contributed by atoms with E-state index in [4.69, 9.17) is 0 Å². The fourth-order valence-electron chi connectivity index (χ4n) is 2.57. The molecule has 2 aliphatic carbocycles. The molecule has 0 aliphatic heterocycles. The number of nitrogens with zero attached hydrogens (tertiary/aromatic N) is 1. The smallest absolute Gasteiger partial charge is 0.219 e. The number of amides is 1. The van der Waals surface area contributed by atoms with Crippen molar-refractivity contribution in [1.29, 1.82) is 0 Å². The summed E-state index contributed by atoms with van der Waals surface area (Å²) in [6, 6.07) is 0. The molecule has 0 N–H and O–H groups in total. The Labute approximate surface area is 73.9 Å². The van der Waals surface area contributed by atoms with E-state index in [1.165, 1.54) is 19.3 Å². The van der Waals surface area contributed by atoms with Gasteiger partial charge >= 0.3 is 0 Å². The van der Waals surface area contributed by atoms with Gasteiger partial charge < -0.3 is 4.90 Å². The van der Waals surface area contributed by atoms with Gasteiger partial charge in [-0.2, -0.15) is 0 Å². The van der Waals surface area contributed by atoms with Gasteiger partial charge in [0.2, 0.25) is 5.91 Å². The van der Waals surface area contributed by atoms with Crippen molar-refractivity contribution in [3.8, 4) is 0 Å². The van der Waals surface area contributed by atoms with Crippen molar-refractivity contribution >= 4 is 5.91 Å². The van der Waals surface area contributed by atoms with E-state index in [0.717, 1.165) is 24.3 Å². The Morgan fingerprint density at radius 1 is 1.50 bits per heavy atom. The van der Waals surface area contributed by atoms with Crippen LogP contribution in [0.5, 0.6) is 0 Å². The SMILES string of the molecule is CC(=O)N(C)CC1CC2CCC21. The molecule has 0 spiro atoms. The van der Waals surface area contributed by atoms with Crippen molar-refractivity contribution in [2.24, 2.45) is 17.8 Å². The van der Waals surface area contributed by atoms with Gasteiger partial charge in [0.25, 0.3) is 0 Å². The maximum atomic E-state index is 11.0. The van der Waals surface area contributed by atoms with Crippen molar-refractivity contribution in [3.63, 3.8) is 0 Å². The van der Waals surface area contributed by atoms with E-state index in [1.807, 2.05) is 11.9 Å². The number of carbonyl (C=O) groups excluding carboxylic acids is 1. The van der Waals surface area contributed by atoms with Crippen molar-refractivity contribution in [2.75, 3.05) is 13.6 Å². The highest BCUT2D eigenvalue weighted by atomic mass is 16.2. The summed E-state index contributed by atoms with van der Waals surface area (Å²) in [5.74, 6) is 3.05. The largest absolute Gasteiger partial charge is 0.346 e. The van der Waals surface area contributed by atoms with Gasteiger partial charge in [-0.1, -0.05) is 0 Å². The number of hydrogen-bond donors (Lipinski definition) is 0. The molecule has 3 unspecified atom stereocenters. The van der Waals surface area contributed by atoms with Crippen LogP contribution in [0.15, 0.2) is 0 Å². The molecule has 0 aromatic carbocycles. The predicted molar refractivity (Wildman–Crippen MR) is 47.6 cm³/mol. The summed E-state index contributed by atoms with van der Waals surface area (Å²) in [6.07, 6.45) is 4.24. The normalized spacial score (nSPS) is 37.7. The maximum Gasteiger partial charge on any atom is 0.219 e. The summed E-state index contributed by atoms with van der Waals surface area (Å²) in [4.78, 5) is 12.8. The molecule has 2 rings (SSSR count). The summed E-state index contributed by atoms with van der Waals surface area (Å²) in [5.41, 5.74) is 0. The molecule has 2 heteroatoms. The van der Waals surface area contributed by atoms with Crippen LogP contribution < -0.4 is 0 Å². The molecule has 2 nitrogen and oxygen atoms in total. The lowest BCUT2D eigenvalue weighted by atomic mass is 9.53. The number of rotatable bonds is 2. The van der Waals surface area contributed by atoms with E-state index in [9.17, 15) is 4.79 Å². The van der Waals surface area contributed by atoms with Gasteiger partial charge in [-0.25, -0.2) is 0 Å². The third-order valence-corrected chi connectivity index (χ3v) is 3.73. The van der Waals surface area contributed by atoms with Crippen molar-refractivity contribution in [1.82, 2.24) is 4.90 Å².